The van der Waals surface area contributed by atoms with Crippen LogP contribution in [-0.4, -0.2) is 28.4 Å². The maximum atomic E-state index is 13.7. The van der Waals surface area contributed by atoms with Gasteiger partial charge in [-0.1, -0.05) is 6.07 Å². The van der Waals surface area contributed by atoms with Gasteiger partial charge in [-0.15, -0.1) is 0 Å². The fraction of sp³-hybridized carbons (Fsp3) is 0.333. The molecule has 0 radical (unpaired) electrons. The van der Waals surface area contributed by atoms with Gasteiger partial charge in [0.2, 0.25) is 0 Å². The summed E-state index contributed by atoms with van der Waals surface area (Å²) in [7, 11) is 0. The number of nitrogen functional groups attached to an aromatic ring is 1. The minimum atomic E-state index is -4.45. The summed E-state index contributed by atoms with van der Waals surface area (Å²) >= 11 is 0. The summed E-state index contributed by atoms with van der Waals surface area (Å²) in [4.78, 5) is 19.9. The lowest BCUT2D eigenvalue weighted by Gasteiger charge is -2.28. The minimum Gasteiger partial charge on any atom is -0.491 e. The third-order valence-corrected chi connectivity index (χ3v) is 6.58. The van der Waals surface area contributed by atoms with Crippen LogP contribution in [0.25, 0.3) is 10.9 Å². The van der Waals surface area contributed by atoms with Crippen LogP contribution in [0, 0.1) is 0 Å². The van der Waals surface area contributed by atoms with E-state index >= 15 is 0 Å². The van der Waals surface area contributed by atoms with Crippen molar-refractivity contribution in [2.24, 2.45) is 0 Å². The van der Waals surface area contributed by atoms with Gasteiger partial charge < -0.3 is 20.1 Å². The maximum Gasteiger partial charge on any atom is 0.416 e. The highest BCUT2D eigenvalue weighted by Gasteiger charge is 2.43. The maximum absolute atomic E-state index is 13.7. The average molecular weight is 455 g/mol. The highest BCUT2D eigenvalue weighted by atomic mass is 19.4. The number of hydrogen-bond acceptors (Lipinski definition) is 5. The van der Waals surface area contributed by atoms with E-state index in [9.17, 15) is 18.0 Å². The fourth-order valence-electron chi connectivity index (χ4n) is 4.77. The first kappa shape index (κ1) is 20.3. The average Bonchev–Trinajstić information content (AvgIpc) is 3.32. The molecular formula is C24H20F3N3O3. The van der Waals surface area contributed by atoms with Crippen molar-refractivity contribution in [2.75, 3.05) is 12.3 Å². The van der Waals surface area contributed by atoms with Crippen molar-refractivity contribution in [3.8, 4) is 5.75 Å². The van der Waals surface area contributed by atoms with Gasteiger partial charge in [-0.25, -0.2) is 4.98 Å². The van der Waals surface area contributed by atoms with Crippen molar-refractivity contribution in [1.29, 1.82) is 0 Å². The van der Waals surface area contributed by atoms with Crippen LogP contribution in [0.3, 0.4) is 0 Å². The van der Waals surface area contributed by atoms with Crippen LogP contribution in [0.5, 0.6) is 5.75 Å². The lowest BCUT2D eigenvalue weighted by molar-refractivity contribution is -0.137. The van der Waals surface area contributed by atoms with E-state index < -0.39 is 17.8 Å². The number of carbonyl (C=O) groups is 1. The number of anilines is 1. The van der Waals surface area contributed by atoms with E-state index in [2.05, 4.69) is 4.98 Å². The van der Waals surface area contributed by atoms with Gasteiger partial charge in [0.1, 0.15) is 18.2 Å². The van der Waals surface area contributed by atoms with Gasteiger partial charge in [0.25, 0.3) is 5.91 Å². The summed E-state index contributed by atoms with van der Waals surface area (Å²) in [6.45, 7) is 0.939. The quantitative estimate of drug-likeness (QED) is 0.625. The SMILES string of the molecule is Nc1nc2ccc(C(=O)N(C3CC3)C3COc4cc(C(F)(F)F)ccc43)cc2c2c1COC2. The van der Waals surface area contributed by atoms with Gasteiger partial charge in [-0.3, -0.25) is 4.79 Å². The number of pyridine rings is 1. The minimum absolute atomic E-state index is 0.0358. The Morgan fingerprint density at radius 3 is 2.64 bits per heavy atom. The molecular weight excluding hydrogens is 435 g/mol. The normalized spacial score (nSPS) is 19.3. The lowest BCUT2D eigenvalue weighted by atomic mass is 10.0. The van der Waals surface area contributed by atoms with E-state index in [1.807, 2.05) is 6.07 Å². The van der Waals surface area contributed by atoms with Gasteiger partial charge in [0, 0.05) is 28.1 Å². The Hall–Kier alpha value is -3.33. The molecule has 1 unspecified atom stereocenters. The molecule has 2 aromatic carbocycles. The molecule has 1 amide bonds. The molecule has 3 heterocycles. The first-order valence-corrected chi connectivity index (χ1v) is 10.8. The van der Waals surface area contributed by atoms with Crippen molar-refractivity contribution in [3.63, 3.8) is 0 Å². The molecule has 1 atom stereocenters. The Kier molecular flexibility index (Phi) is 4.35. The molecule has 3 aliphatic rings. The van der Waals surface area contributed by atoms with Crippen LogP contribution in [0.4, 0.5) is 19.0 Å². The highest BCUT2D eigenvalue weighted by molar-refractivity contribution is 5.99. The van der Waals surface area contributed by atoms with E-state index in [4.69, 9.17) is 15.2 Å². The number of nitrogens with two attached hydrogens (primary N) is 1. The molecule has 1 saturated carbocycles. The number of rotatable bonds is 3. The summed E-state index contributed by atoms with van der Waals surface area (Å²) in [6, 6.07) is 8.40. The van der Waals surface area contributed by atoms with E-state index in [1.54, 1.807) is 17.0 Å². The van der Waals surface area contributed by atoms with Gasteiger partial charge in [0.15, 0.2) is 0 Å². The predicted octanol–water partition coefficient (Wildman–Crippen LogP) is 4.60. The van der Waals surface area contributed by atoms with Crippen molar-refractivity contribution < 1.29 is 27.4 Å². The molecule has 2 N–H and O–H groups in total. The monoisotopic (exact) mass is 455 g/mol. The molecule has 6 rings (SSSR count). The number of amides is 1. The second-order valence-electron chi connectivity index (χ2n) is 8.70. The first-order valence-electron chi connectivity index (χ1n) is 10.8. The molecule has 3 aromatic rings. The van der Waals surface area contributed by atoms with Crippen molar-refractivity contribution in [2.45, 2.75) is 44.3 Å². The number of ether oxygens (including phenoxy) is 2. The molecule has 170 valence electrons. The molecule has 0 bridgehead atoms. The third-order valence-electron chi connectivity index (χ3n) is 6.58. The molecule has 2 aliphatic heterocycles. The molecule has 0 spiro atoms. The number of aromatic nitrogens is 1. The molecule has 9 heteroatoms. The summed E-state index contributed by atoms with van der Waals surface area (Å²) in [5.41, 5.74) is 8.88. The number of carbonyl (C=O) groups excluding carboxylic acids is 1. The van der Waals surface area contributed by atoms with E-state index in [0.717, 1.165) is 41.5 Å². The van der Waals surface area contributed by atoms with E-state index in [-0.39, 0.29) is 24.3 Å². The molecule has 6 nitrogen and oxygen atoms in total. The zero-order valence-electron chi connectivity index (χ0n) is 17.5. The van der Waals surface area contributed by atoms with Crippen LogP contribution >= 0.6 is 0 Å². The Balaban J connectivity index is 1.37. The van der Waals surface area contributed by atoms with Crippen LogP contribution in [0.15, 0.2) is 36.4 Å². The van der Waals surface area contributed by atoms with Gasteiger partial charge in [-0.05, 0) is 48.7 Å². The zero-order chi connectivity index (χ0) is 22.9. The number of nitrogens with zero attached hydrogens (tertiary/aromatic N) is 2. The third kappa shape index (κ3) is 3.30. The number of hydrogen-bond donors (Lipinski definition) is 1. The lowest BCUT2D eigenvalue weighted by Crippen LogP contribution is -2.37. The number of benzene rings is 2. The molecule has 1 aromatic heterocycles. The molecule has 1 fully saturated rings. The van der Waals surface area contributed by atoms with Crippen molar-refractivity contribution in [3.05, 3.63) is 64.2 Å². The summed E-state index contributed by atoms with van der Waals surface area (Å²) in [5.74, 6) is 0.443. The Labute approximate surface area is 187 Å². The van der Waals surface area contributed by atoms with Gasteiger partial charge in [-0.2, -0.15) is 13.2 Å². The first-order chi connectivity index (χ1) is 15.8. The van der Waals surface area contributed by atoms with Crippen LogP contribution in [-0.2, 0) is 24.1 Å². The molecule has 33 heavy (non-hydrogen) atoms. The van der Waals surface area contributed by atoms with Gasteiger partial charge in [0.05, 0.1) is 30.3 Å². The van der Waals surface area contributed by atoms with Crippen molar-refractivity contribution >= 4 is 22.6 Å². The Morgan fingerprint density at radius 2 is 1.88 bits per heavy atom. The largest absolute Gasteiger partial charge is 0.491 e. The van der Waals surface area contributed by atoms with E-state index in [1.165, 1.54) is 6.07 Å². The van der Waals surface area contributed by atoms with Crippen LogP contribution in [0.1, 0.15) is 51.5 Å². The number of halogens is 3. The van der Waals surface area contributed by atoms with Crippen LogP contribution < -0.4 is 10.5 Å². The summed E-state index contributed by atoms with van der Waals surface area (Å²) < 4.78 is 50.5. The summed E-state index contributed by atoms with van der Waals surface area (Å²) in [5, 5.41) is 0.830. The number of alkyl halides is 3. The fourth-order valence-corrected chi connectivity index (χ4v) is 4.77. The van der Waals surface area contributed by atoms with E-state index in [0.29, 0.717) is 35.7 Å². The standard InChI is InChI=1S/C24H20F3N3O3/c25-24(26,27)13-2-5-15-20(11-33-21(15)8-13)30(14-3-4-14)23(31)12-1-6-19-16(7-12)17-9-32-10-18(17)22(28)29-19/h1-2,5-8,14,20H,3-4,9-11H2,(H2,28,29). The summed E-state index contributed by atoms with van der Waals surface area (Å²) in [6.07, 6.45) is -2.74. The smallest absolute Gasteiger partial charge is 0.416 e. The van der Waals surface area contributed by atoms with Gasteiger partial charge >= 0.3 is 6.18 Å². The molecule has 1 aliphatic carbocycles. The Bertz CT molecular complexity index is 1300. The second-order valence-corrected chi connectivity index (χ2v) is 8.70. The Morgan fingerprint density at radius 1 is 1.09 bits per heavy atom. The van der Waals surface area contributed by atoms with Crippen LogP contribution in [0.2, 0.25) is 0 Å². The topological polar surface area (TPSA) is 77.7 Å². The molecule has 0 saturated heterocycles. The number of fused-ring (bicyclic) bond motifs is 4. The zero-order valence-corrected chi connectivity index (χ0v) is 17.5. The highest BCUT2D eigenvalue weighted by Crippen LogP contribution is 2.44. The second kappa shape index (κ2) is 7.08. The predicted molar refractivity (Wildman–Crippen MR) is 114 cm³/mol. The van der Waals surface area contributed by atoms with Crippen molar-refractivity contribution in [1.82, 2.24) is 9.88 Å².